The molecule has 5 heteroatoms. The summed E-state index contributed by atoms with van der Waals surface area (Å²) < 4.78 is 37.3. The van der Waals surface area contributed by atoms with E-state index in [0.717, 1.165) is 6.07 Å². The van der Waals surface area contributed by atoms with Gasteiger partial charge in [-0.1, -0.05) is 34.2 Å². The summed E-state index contributed by atoms with van der Waals surface area (Å²) in [5.74, 6) is 0. The molecular weight excluding hydrogens is 315 g/mol. The molecule has 0 saturated carbocycles. The molecule has 0 fully saturated rings. The minimum absolute atomic E-state index is 0.223. The molecule has 0 aliphatic carbocycles. The molecule has 0 bridgehead atoms. The Morgan fingerprint density at radius 1 is 1.31 bits per heavy atom. The van der Waals surface area contributed by atoms with E-state index >= 15 is 0 Å². The smallest absolute Gasteiger partial charge is 0.166 e. The van der Waals surface area contributed by atoms with Crippen LogP contribution in [-0.4, -0.2) is 0 Å². The number of hydrogen-bond acceptors (Lipinski definition) is 0. The molecule has 1 rings (SSSR count). The molecule has 0 amide bonds. The van der Waals surface area contributed by atoms with Crippen LogP contribution in [0.5, 0.6) is 0 Å². The van der Waals surface area contributed by atoms with Crippen LogP contribution < -0.4 is 0 Å². The summed E-state index contributed by atoms with van der Waals surface area (Å²) in [6.07, 6.45) is -4.29. The van der Waals surface area contributed by atoms with E-state index < -0.39 is 11.7 Å². The number of alkyl halides is 4. The van der Waals surface area contributed by atoms with Gasteiger partial charge in [0, 0.05) is 9.45 Å². The van der Waals surface area contributed by atoms with Gasteiger partial charge in [-0.15, -0.1) is 0 Å². The van der Waals surface area contributed by atoms with Gasteiger partial charge in [-0.25, -0.2) is 0 Å². The fourth-order valence-electron chi connectivity index (χ4n) is 0.949. The van der Waals surface area contributed by atoms with Crippen molar-refractivity contribution >= 4 is 34.2 Å². The van der Waals surface area contributed by atoms with Gasteiger partial charge in [0.1, 0.15) is 0 Å². The van der Waals surface area contributed by atoms with Crippen LogP contribution in [0.2, 0.25) is 5.02 Å². The number of rotatable bonds is 1. The lowest BCUT2D eigenvalue weighted by molar-refractivity contribution is -0.138. The molecule has 0 heterocycles. The molecule has 0 aromatic heterocycles. The normalized spacial score (nSPS) is 11.8. The fraction of sp³-hybridized carbons (Fsp3) is 0.250. The molecule has 0 radical (unpaired) electrons. The molecule has 0 saturated heterocycles. The largest absolute Gasteiger partial charge is 0.416 e. The lowest BCUT2D eigenvalue weighted by atomic mass is 10.1. The molecular formula is C8H5ClF3I. The first-order valence-corrected chi connectivity index (χ1v) is 5.27. The Labute approximate surface area is 92.2 Å². The third kappa shape index (κ3) is 2.74. The second-order valence-corrected chi connectivity index (χ2v) is 3.63. The average Bonchev–Trinajstić information content (AvgIpc) is 2.01. The predicted molar refractivity (Wildman–Crippen MR) is 54.2 cm³/mol. The molecule has 0 spiro atoms. The molecule has 0 N–H and O–H groups in total. The predicted octanol–water partition coefficient (Wildman–Crippen LogP) is 4.29. The first-order valence-electron chi connectivity index (χ1n) is 3.36. The highest BCUT2D eigenvalue weighted by atomic mass is 127. The van der Waals surface area contributed by atoms with Crippen molar-refractivity contribution in [3.8, 4) is 0 Å². The summed E-state index contributed by atoms with van der Waals surface area (Å²) in [5, 5.41) is 0.333. The van der Waals surface area contributed by atoms with E-state index in [9.17, 15) is 13.2 Å². The summed E-state index contributed by atoms with van der Waals surface area (Å²) in [6, 6.07) is 3.60. The van der Waals surface area contributed by atoms with E-state index in [0.29, 0.717) is 9.45 Å². The maximum absolute atomic E-state index is 12.3. The van der Waals surface area contributed by atoms with Gasteiger partial charge < -0.3 is 0 Å². The third-order valence-electron chi connectivity index (χ3n) is 1.52. The van der Waals surface area contributed by atoms with Crippen LogP contribution in [0.25, 0.3) is 0 Å². The Morgan fingerprint density at radius 2 is 1.92 bits per heavy atom. The van der Waals surface area contributed by atoms with Crippen molar-refractivity contribution in [2.75, 3.05) is 0 Å². The highest BCUT2D eigenvalue weighted by Gasteiger charge is 2.32. The van der Waals surface area contributed by atoms with Crippen molar-refractivity contribution in [1.82, 2.24) is 0 Å². The van der Waals surface area contributed by atoms with Crippen LogP contribution in [-0.2, 0) is 10.6 Å². The first kappa shape index (κ1) is 11.1. The minimum Gasteiger partial charge on any atom is -0.166 e. The summed E-state index contributed by atoms with van der Waals surface area (Å²) in [4.78, 5) is 0. The van der Waals surface area contributed by atoms with Crippen LogP contribution in [0.15, 0.2) is 18.2 Å². The number of benzene rings is 1. The zero-order valence-electron chi connectivity index (χ0n) is 6.33. The second-order valence-electron chi connectivity index (χ2n) is 2.43. The Kier molecular flexibility index (Phi) is 3.45. The standard InChI is InChI=1S/C8H5ClF3I/c9-6-1-2-7(8(10,11)12)5(3-6)4-13/h1-3H,4H2. The van der Waals surface area contributed by atoms with E-state index in [4.69, 9.17) is 11.6 Å². The summed E-state index contributed by atoms with van der Waals surface area (Å²) in [6.45, 7) is 0. The van der Waals surface area contributed by atoms with Crippen molar-refractivity contribution in [2.24, 2.45) is 0 Å². The van der Waals surface area contributed by atoms with Crippen molar-refractivity contribution < 1.29 is 13.2 Å². The van der Waals surface area contributed by atoms with Crippen molar-refractivity contribution in [2.45, 2.75) is 10.6 Å². The minimum atomic E-state index is -4.29. The van der Waals surface area contributed by atoms with Gasteiger partial charge in [-0.05, 0) is 23.8 Å². The lowest BCUT2D eigenvalue weighted by Gasteiger charge is -2.10. The van der Waals surface area contributed by atoms with Crippen LogP contribution in [0.1, 0.15) is 11.1 Å². The Hall–Kier alpha value is 0.0300. The van der Waals surface area contributed by atoms with Gasteiger partial charge in [0.05, 0.1) is 5.56 Å². The van der Waals surface area contributed by atoms with Gasteiger partial charge in [-0.3, -0.25) is 0 Å². The van der Waals surface area contributed by atoms with Crippen LogP contribution in [0, 0.1) is 0 Å². The molecule has 0 aliphatic heterocycles. The molecule has 0 nitrogen and oxygen atoms in total. The van der Waals surface area contributed by atoms with E-state index in [1.807, 2.05) is 22.6 Å². The van der Waals surface area contributed by atoms with E-state index in [1.165, 1.54) is 12.1 Å². The topological polar surface area (TPSA) is 0 Å². The number of halogens is 5. The van der Waals surface area contributed by atoms with Gasteiger partial charge in [0.2, 0.25) is 0 Å². The second kappa shape index (κ2) is 4.04. The van der Waals surface area contributed by atoms with Gasteiger partial charge >= 0.3 is 6.18 Å². The van der Waals surface area contributed by atoms with Gasteiger partial charge in [0.15, 0.2) is 0 Å². The van der Waals surface area contributed by atoms with Gasteiger partial charge in [-0.2, -0.15) is 13.2 Å². The monoisotopic (exact) mass is 320 g/mol. The summed E-state index contributed by atoms with van der Waals surface area (Å²) in [7, 11) is 0. The quantitative estimate of drug-likeness (QED) is 0.535. The highest BCUT2D eigenvalue weighted by molar-refractivity contribution is 14.1. The maximum atomic E-state index is 12.3. The van der Waals surface area contributed by atoms with Crippen LogP contribution >= 0.6 is 34.2 Å². The SMILES string of the molecule is FC(F)(F)c1ccc(Cl)cc1CI. The summed E-state index contributed by atoms with van der Waals surface area (Å²) in [5.41, 5.74) is -0.383. The molecule has 0 aliphatic rings. The third-order valence-corrected chi connectivity index (χ3v) is 2.57. The number of hydrogen-bond donors (Lipinski definition) is 0. The zero-order valence-corrected chi connectivity index (χ0v) is 9.24. The lowest BCUT2D eigenvalue weighted by Crippen LogP contribution is -2.07. The van der Waals surface area contributed by atoms with Crippen molar-refractivity contribution in [1.29, 1.82) is 0 Å². The molecule has 0 unspecified atom stereocenters. The zero-order chi connectivity index (χ0) is 10.1. The van der Waals surface area contributed by atoms with E-state index in [1.54, 1.807) is 0 Å². The highest BCUT2D eigenvalue weighted by Crippen LogP contribution is 2.34. The van der Waals surface area contributed by atoms with Crippen molar-refractivity contribution in [3.05, 3.63) is 34.3 Å². The van der Waals surface area contributed by atoms with Crippen LogP contribution in [0.3, 0.4) is 0 Å². The molecule has 1 aromatic carbocycles. The van der Waals surface area contributed by atoms with Crippen molar-refractivity contribution in [3.63, 3.8) is 0 Å². The molecule has 72 valence electrons. The van der Waals surface area contributed by atoms with Crippen LogP contribution in [0.4, 0.5) is 13.2 Å². The molecule has 0 atom stereocenters. The maximum Gasteiger partial charge on any atom is 0.416 e. The van der Waals surface area contributed by atoms with E-state index in [2.05, 4.69) is 0 Å². The Morgan fingerprint density at radius 3 is 2.38 bits per heavy atom. The summed E-state index contributed by atoms with van der Waals surface area (Å²) >= 11 is 7.45. The molecule has 13 heavy (non-hydrogen) atoms. The molecule has 1 aromatic rings. The average molecular weight is 320 g/mol. The first-order chi connectivity index (χ1) is 5.95. The fourth-order valence-corrected chi connectivity index (χ4v) is 1.78. The van der Waals surface area contributed by atoms with Gasteiger partial charge in [0.25, 0.3) is 0 Å². The Balaban J connectivity index is 3.22. The van der Waals surface area contributed by atoms with E-state index in [-0.39, 0.29) is 5.56 Å². The Bertz CT molecular complexity index is 309.